The maximum Gasteiger partial charge on any atom is 0.264 e. The summed E-state index contributed by atoms with van der Waals surface area (Å²) in [5.74, 6) is 0.316. The maximum absolute atomic E-state index is 14.1. The highest BCUT2D eigenvalue weighted by Crippen LogP contribution is 2.26. The summed E-state index contributed by atoms with van der Waals surface area (Å²) in [5, 5.41) is 2.97. The lowest BCUT2D eigenvalue weighted by Gasteiger charge is -2.33. The second-order valence-corrected chi connectivity index (χ2v) is 11.5. The fraction of sp³-hybridized carbons (Fsp3) is 0.355. The predicted molar refractivity (Wildman–Crippen MR) is 159 cm³/mol. The van der Waals surface area contributed by atoms with Crippen LogP contribution < -0.4 is 19.1 Å². The molecule has 0 spiro atoms. The van der Waals surface area contributed by atoms with Crippen LogP contribution in [0.1, 0.15) is 39.2 Å². The van der Waals surface area contributed by atoms with E-state index in [0.29, 0.717) is 23.6 Å². The number of nitrogens with zero attached hydrogens (tertiary/aromatic N) is 2. The zero-order valence-electron chi connectivity index (χ0n) is 24.2. The summed E-state index contributed by atoms with van der Waals surface area (Å²) in [6.07, 6.45) is 1.07. The molecule has 3 rings (SSSR count). The van der Waals surface area contributed by atoms with Gasteiger partial charge in [-0.3, -0.25) is 13.9 Å². The van der Waals surface area contributed by atoms with Crippen molar-refractivity contribution in [2.75, 3.05) is 25.1 Å². The fourth-order valence-electron chi connectivity index (χ4n) is 4.33. The van der Waals surface area contributed by atoms with Gasteiger partial charge in [0, 0.05) is 12.6 Å². The standard InChI is InChI=1S/C31H39N3O6S/c1-6-23(3)32-31(36)29(7-2)33(21-24-12-11-15-27(20-24)40-5)30(35)22-34(25-13-9-8-10-14-25)41(37,38)28-18-16-26(39-4)17-19-28/h8-20,23,29H,6-7,21-22H2,1-5H3,(H,32,36)/t23-,29+/m1/s1. The summed E-state index contributed by atoms with van der Waals surface area (Å²) >= 11 is 0. The van der Waals surface area contributed by atoms with Gasteiger partial charge in [-0.15, -0.1) is 0 Å². The molecular formula is C31H39N3O6S. The molecule has 220 valence electrons. The second kappa shape index (κ2) is 14.5. The van der Waals surface area contributed by atoms with Crippen LogP contribution in [0.4, 0.5) is 5.69 Å². The van der Waals surface area contributed by atoms with Crippen LogP contribution in [0.3, 0.4) is 0 Å². The van der Waals surface area contributed by atoms with Crippen molar-refractivity contribution in [2.45, 2.75) is 57.1 Å². The number of para-hydroxylation sites is 1. The first-order chi connectivity index (χ1) is 19.6. The molecule has 10 heteroatoms. The molecule has 2 amide bonds. The minimum absolute atomic E-state index is 0.0100. The Bertz CT molecular complexity index is 1400. The minimum Gasteiger partial charge on any atom is -0.497 e. The lowest BCUT2D eigenvalue weighted by molar-refractivity contribution is -0.140. The van der Waals surface area contributed by atoms with E-state index >= 15 is 0 Å². The van der Waals surface area contributed by atoms with Gasteiger partial charge >= 0.3 is 0 Å². The van der Waals surface area contributed by atoms with Crippen molar-refractivity contribution in [1.29, 1.82) is 0 Å². The van der Waals surface area contributed by atoms with Gasteiger partial charge in [0.25, 0.3) is 10.0 Å². The average molecular weight is 582 g/mol. The molecule has 3 aromatic carbocycles. The van der Waals surface area contributed by atoms with Crippen molar-refractivity contribution in [3.05, 3.63) is 84.4 Å². The third kappa shape index (κ3) is 8.00. The normalized spacial score (nSPS) is 12.6. The molecule has 0 aliphatic rings. The molecule has 0 radical (unpaired) electrons. The van der Waals surface area contributed by atoms with Gasteiger partial charge < -0.3 is 19.7 Å². The molecule has 0 fully saturated rings. The van der Waals surface area contributed by atoms with Crippen molar-refractivity contribution in [3.8, 4) is 11.5 Å². The van der Waals surface area contributed by atoms with Crippen LogP contribution in [0.2, 0.25) is 0 Å². The van der Waals surface area contributed by atoms with Crippen LogP contribution in [0, 0.1) is 0 Å². The molecule has 3 aromatic rings. The van der Waals surface area contributed by atoms with Crippen LogP contribution in [-0.2, 0) is 26.2 Å². The molecule has 1 N–H and O–H groups in total. The van der Waals surface area contributed by atoms with Crippen LogP contribution in [0.5, 0.6) is 11.5 Å². The van der Waals surface area contributed by atoms with Gasteiger partial charge in [-0.2, -0.15) is 0 Å². The van der Waals surface area contributed by atoms with E-state index in [0.717, 1.165) is 16.3 Å². The molecule has 0 saturated carbocycles. The summed E-state index contributed by atoms with van der Waals surface area (Å²) in [6.45, 7) is 5.28. The fourth-order valence-corrected chi connectivity index (χ4v) is 5.74. The van der Waals surface area contributed by atoms with E-state index in [-0.39, 0.29) is 23.4 Å². The first-order valence-corrected chi connectivity index (χ1v) is 15.0. The van der Waals surface area contributed by atoms with Crippen molar-refractivity contribution < 1.29 is 27.5 Å². The van der Waals surface area contributed by atoms with Gasteiger partial charge in [-0.25, -0.2) is 8.42 Å². The number of hydrogen-bond acceptors (Lipinski definition) is 6. The molecule has 0 unspecified atom stereocenters. The number of amides is 2. The van der Waals surface area contributed by atoms with Crippen LogP contribution >= 0.6 is 0 Å². The zero-order valence-corrected chi connectivity index (χ0v) is 25.1. The highest BCUT2D eigenvalue weighted by molar-refractivity contribution is 7.92. The maximum atomic E-state index is 14.1. The number of benzene rings is 3. The van der Waals surface area contributed by atoms with Crippen molar-refractivity contribution in [1.82, 2.24) is 10.2 Å². The highest BCUT2D eigenvalue weighted by atomic mass is 32.2. The van der Waals surface area contributed by atoms with E-state index in [4.69, 9.17) is 9.47 Å². The Hall–Kier alpha value is -4.05. The minimum atomic E-state index is -4.16. The van der Waals surface area contributed by atoms with Crippen molar-refractivity contribution in [2.24, 2.45) is 0 Å². The summed E-state index contributed by atoms with van der Waals surface area (Å²) in [7, 11) is -1.11. The molecule has 2 atom stereocenters. The number of rotatable bonds is 14. The van der Waals surface area contributed by atoms with Crippen LogP contribution in [0.25, 0.3) is 0 Å². The Morgan fingerprint density at radius 3 is 2.10 bits per heavy atom. The number of anilines is 1. The van der Waals surface area contributed by atoms with Gasteiger partial charge in [0.1, 0.15) is 24.1 Å². The lowest BCUT2D eigenvalue weighted by atomic mass is 10.1. The second-order valence-electron chi connectivity index (χ2n) is 9.64. The van der Waals surface area contributed by atoms with Crippen LogP contribution in [-0.4, -0.2) is 58.0 Å². The van der Waals surface area contributed by atoms with E-state index < -0.39 is 28.5 Å². The summed E-state index contributed by atoms with van der Waals surface area (Å²) < 4.78 is 39.4. The molecular weight excluding hydrogens is 542 g/mol. The third-order valence-electron chi connectivity index (χ3n) is 6.84. The molecule has 41 heavy (non-hydrogen) atoms. The Kier molecular flexibility index (Phi) is 11.2. The Balaban J connectivity index is 2.04. The van der Waals surface area contributed by atoms with E-state index in [1.54, 1.807) is 67.8 Å². The van der Waals surface area contributed by atoms with Crippen molar-refractivity contribution >= 4 is 27.5 Å². The molecule has 9 nitrogen and oxygen atoms in total. The third-order valence-corrected chi connectivity index (χ3v) is 8.63. The molecule has 0 aliphatic heterocycles. The molecule has 0 saturated heterocycles. The Labute approximate surface area is 243 Å². The predicted octanol–water partition coefficient (Wildman–Crippen LogP) is 4.62. The van der Waals surface area contributed by atoms with E-state index in [9.17, 15) is 18.0 Å². The number of methoxy groups -OCH3 is 2. The average Bonchev–Trinajstić information content (AvgIpc) is 2.99. The summed E-state index contributed by atoms with van der Waals surface area (Å²) in [4.78, 5) is 28.9. The van der Waals surface area contributed by atoms with Crippen molar-refractivity contribution in [3.63, 3.8) is 0 Å². The van der Waals surface area contributed by atoms with Gasteiger partial charge in [-0.1, -0.05) is 44.2 Å². The monoisotopic (exact) mass is 581 g/mol. The molecule has 0 bridgehead atoms. The van der Waals surface area contributed by atoms with Gasteiger partial charge in [0.2, 0.25) is 11.8 Å². The van der Waals surface area contributed by atoms with E-state index in [1.807, 2.05) is 26.8 Å². The summed E-state index contributed by atoms with van der Waals surface area (Å²) in [6, 6.07) is 20.8. The number of hydrogen-bond donors (Lipinski definition) is 1. The first kappa shape index (κ1) is 31.5. The van der Waals surface area contributed by atoms with Crippen LogP contribution in [0.15, 0.2) is 83.8 Å². The SMILES string of the molecule is CC[C@@H](C)NC(=O)[C@H](CC)N(Cc1cccc(OC)c1)C(=O)CN(c1ccccc1)S(=O)(=O)c1ccc(OC)cc1. The van der Waals surface area contributed by atoms with E-state index in [1.165, 1.54) is 24.1 Å². The van der Waals surface area contributed by atoms with Gasteiger partial charge in [0.05, 0.1) is 24.8 Å². The van der Waals surface area contributed by atoms with Gasteiger partial charge in [-0.05, 0) is 73.9 Å². The number of nitrogens with one attached hydrogen (secondary N) is 1. The van der Waals surface area contributed by atoms with E-state index in [2.05, 4.69) is 5.32 Å². The number of carbonyl (C=O) groups is 2. The largest absolute Gasteiger partial charge is 0.497 e. The molecule has 0 heterocycles. The topological polar surface area (TPSA) is 105 Å². The molecule has 0 aromatic heterocycles. The zero-order chi connectivity index (χ0) is 30.0. The highest BCUT2D eigenvalue weighted by Gasteiger charge is 2.34. The quantitative estimate of drug-likeness (QED) is 0.298. The first-order valence-electron chi connectivity index (χ1n) is 13.6. The Morgan fingerprint density at radius 1 is 0.854 bits per heavy atom. The summed E-state index contributed by atoms with van der Waals surface area (Å²) in [5.41, 5.74) is 1.08. The molecule has 0 aliphatic carbocycles. The number of sulfonamides is 1. The Morgan fingerprint density at radius 2 is 1.51 bits per heavy atom. The lowest BCUT2D eigenvalue weighted by Crippen LogP contribution is -2.53. The number of carbonyl (C=O) groups excluding carboxylic acids is 2. The smallest absolute Gasteiger partial charge is 0.264 e. The van der Waals surface area contributed by atoms with Gasteiger partial charge in [0.15, 0.2) is 0 Å². The number of ether oxygens (including phenoxy) is 2.